The molecule has 3 N–H and O–H groups in total. The van der Waals surface area contributed by atoms with E-state index < -0.39 is 5.97 Å². The van der Waals surface area contributed by atoms with E-state index in [0.29, 0.717) is 40.5 Å². The lowest BCUT2D eigenvalue weighted by Crippen LogP contribution is -2.15. The predicted octanol–water partition coefficient (Wildman–Crippen LogP) is 3.92. The van der Waals surface area contributed by atoms with Gasteiger partial charge in [0, 0.05) is 0 Å². The number of esters is 1. The summed E-state index contributed by atoms with van der Waals surface area (Å²) >= 11 is 5.33. The van der Waals surface area contributed by atoms with Crippen LogP contribution in [0.2, 0.25) is 0 Å². The molecule has 3 rings (SSSR count). The van der Waals surface area contributed by atoms with Crippen LogP contribution in [0, 0.1) is 6.92 Å². The normalized spacial score (nSPS) is 10.5. The highest BCUT2D eigenvalue weighted by molar-refractivity contribution is 7.80. The van der Waals surface area contributed by atoms with Gasteiger partial charge in [-0.2, -0.15) is 5.10 Å². The van der Waals surface area contributed by atoms with E-state index in [0.717, 1.165) is 11.3 Å². The number of nitrogens with one attached hydrogen (secondary N) is 1. The Morgan fingerprint density at radius 1 is 1.23 bits per heavy atom. The quantitative estimate of drug-likeness (QED) is 0.439. The van der Waals surface area contributed by atoms with Crippen LogP contribution in [0.4, 0.5) is 11.5 Å². The molecule has 8 heteroatoms. The summed E-state index contributed by atoms with van der Waals surface area (Å²) in [6, 6.07) is 13.0. The second-order valence-electron chi connectivity index (χ2n) is 6.64. The number of anilines is 2. The third kappa shape index (κ3) is 3.99. The van der Waals surface area contributed by atoms with Crippen molar-refractivity contribution >= 4 is 34.7 Å². The molecule has 0 spiro atoms. The van der Waals surface area contributed by atoms with E-state index in [2.05, 4.69) is 5.32 Å². The van der Waals surface area contributed by atoms with Crippen LogP contribution in [0.1, 0.15) is 34.1 Å². The molecule has 0 amide bonds. The van der Waals surface area contributed by atoms with Crippen LogP contribution in [0.5, 0.6) is 5.75 Å². The average Bonchev–Trinajstić information content (AvgIpc) is 3.12. The number of hydrogen-bond acceptors (Lipinski definition) is 6. The Balaban J connectivity index is 2.25. The van der Waals surface area contributed by atoms with Gasteiger partial charge in [0.05, 0.1) is 36.7 Å². The summed E-state index contributed by atoms with van der Waals surface area (Å²) < 4.78 is 12.2. The highest BCUT2D eigenvalue weighted by Crippen LogP contribution is 2.33. The summed E-state index contributed by atoms with van der Waals surface area (Å²) in [5.41, 5.74) is 10.0. The third-order valence-electron chi connectivity index (χ3n) is 4.69. The molecule has 2 aromatic carbocycles. The predicted molar refractivity (Wildman–Crippen MR) is 121 cm³/mol. The molecule has 0 radical (unpaired) electrons. The summed E-state index contributed by atoms with van der Waals surface area (Å²) in [6.45, 7) is 3.89. The molecule has 1 heterocycles. The van der Waals surface area contributed by atoms with Crippen molar-refractivity contribution in [1.29, 1.82) is 0 Å². The second kappa shape index (κ2) is 8.96. The Labute approximate surface area is 180 Å². The first kappa shape index (κ1) is 21.3. The van der Waals surface area contributed by atoms with Gasteiger partial charge in [-0.25, -0.2) is 9.48 Å². The molecular weight excluding hydrogens is 400 g/mol. The summed E-state index contributed by atoms with van der Waals surface area (Å²) in [6.07, 6.45) is 0.626. The SMILES string of the molecule is CCc1nn(-c2ccccc2OC)c(Nc2ccc(C)cc2C(=O)OC)c1C(N)=S. The fourth-order valence-electron chi connectivity index (χ4n) is 3.24. The van der Waals surface area contributed by atoms with Gasteiger partial charge < -0.3 is 20.5 Å². The molecule has 0 saturated heterocycles. The number of aromatic nitrogens is 2. The fourth-order valence-corrected chi connectivity index (χ4v) is 3.45. The Morgan fingerprint density at radius 2 is 1.97 bits per heavy atom. The number of carbonyl (C=O) groups excluding carboxylic acids is 1. The molecule has 0 fully saturated rings. The summed E-state index contributed by atoms with van der Waals surface area (Å²) in [5, 5.41) is 8.04. The standard InChI is InChI=1S/C22H24N4O3S/c1-5-15-19(20(23)30)21(26(25-15)17-8-6-7-9-18(17)28-3)24-16-11-10-13(2)12-14(16)22(27)29-4/h6-12,24H,5H2,1-4H3,(H2,23,30). The average molecular weight is 425 g/mol. The maximum absolute atomic E-state index is 12.4. The number of carbonyl (C=O) groups is 1. The van der Waals surface area contributed by atoms with Crippen molar-refractivity contribution in [3.8, 4) is 11.4 Å². The van der Waals surface area contributed by atoms with Crippen molar-refractivity contribution in [2.45, 2.75) is 20.3 Å². The molecule has 0 unspecified atom stereocenters. The molecule has 0 saturated carbocycles. The second-order valence-corrected chi connectivity index (χ2v) is 7.08. The van der Waals surface area contributed by atoms with E-state index in [1.807, 2.05) is 50.2 Å². The van der Waals surface area contributed by atoms with E-state index in [-0.39, 0.29) is 4.99 Å². The van der Waals surface area contributed by atoms with Crippen molar-refractivity contribution in [2.24, 2.45) is 5.73 Å². The monoisotopic (exact) mass is 424 g/mol. The number of ether oxygens (including phenoxy) is 2. The fraction of sp³-hybridized carbons (Fsp3) is 0.227. The highest BCUT2D eigenvalue weighted by atomic mass is 32.1. The Hall–Kier alpha value is -3.39. The van der Waals surface area contributed by atoms with Gasteiger partial charge in [-0.05, 0) is 37.6 Å². The van der Waals surface area contributed by atoms with Crippen molar-refractivity contribution in [2.75, 3.05) is 19.5 Å². The molecular formula is C22H24N4O3S. The van der Waals surface area contributed by atoms with E-state index in [1.165, 1.54) is 7.11 Å². The number of nitrogens with zero attached hydrogens (tertiary/aromatic N) is 2. The molecule has 0 aliphatic heterocycles. The lowest BCUT2D eigenvalue weighted by molar-refractivity contribution is 0.0602. The van der Waals surface area contributed by atoms with Crippen molar-refractivity contribution in [3.63, 3.8) is 0 Å². The van der Waals surface area contributed by atoms with Crippen LogP contribution in [-0.4, -0.2) is 35.0 Å². The van der Waals surface area contributed by atoms with Crippen LogP contribution in [0.15, 0.2) is 42.5 Å². The van der Waals surface area contributed by atoms with Gasteiger partial charge in [0.25, 0.3) is 0 Å². The number of nitrogens with two attached hydrogens (primary N) is 1. The Kier molecular flexibility index (Phi) is 6.37. The van der Waals surface area contributed by atoms with Gasteiger partial charge in [-0.15, -0.1) is 0 Å². The van der Waals surface area contributed by atoms with Gasteiger partial charge in [0.2, 0.25) is 0 Å². The van der Waals surface area contributed by atoms with Crippen LogP contribution >= 0.6 is 12.2 Å². The molecule has 3 aromatic rings. The minimum Gasteiger partial charge on any atom is -0.494 e. The summed E-state index contributed by atoms with van der Waals surface area (Å²) in [4.78, 5) is 12.6. The van der Waals surface area contributed by atoms with Gasteiger partial charge in [-0.1, -0.05) is 42.9 Å². The lowest BCUT2D eigenvalue weighted by atomic mass is 10.1. The molecule has 1 aromatic heterocycles. The van der Waals surface area contributed by atoms with Gasteiger partial charge in [0.15, 0.2) is 0 Å². The molecule has 0 atom stereocenters. The van der Waals surface area contributed by atoms with Crippen LogP contribution < -0.4 is 15.8 Å². The summed E-state index contributed by atoms with van der Waals surface area (Å²) in [5.74, 6) is 0.743. The van der Waals surface area contributed by atoms with E-state index >= 15 is 0 Å². The van der Waals surface area contributed by atoms with E-state index in [9.17, 15) is 4.79 Å². The number of hydrogen-bond donors (Lipinski definition) is 2. The van der Waals surface area contributed by atoms with Crippen molar-refractivity contribution in [3.05, 3.63) is 64.8 Å². The van der Waals surface area contributed by atoms with Crippen LogP contribution in [-0.2, 0) is 11.2 Å². The van der Waals surface area contributed by atoms with Gasteiger partial charge in [0.1, 0.15) is 22.2 Å². The molecule has 156 valence electrons. The number of benzene rings is 2. The van der Waals surface area contributed by atoms with Gasteiger partial charge >= 0.3 is 5.97 Å². The van der Waals surface area contributed by atoms with E-state index in [4.69, 9.17) is 32.5 Å². The molecule has 0 bridgehead atoms. The number of para-hydroxylation sites is 2. The highest BCUT2D eigenvalue weighted by Gasteiger charge is 2.23. The number of rotatable bonds is 7. The van der Waals surface area contributed by atoms with Crippen LogP contribution in [0.3, 0.4) is 0 Å². The number of thiocarbonyl (C=S) groups is 1. The lowest BCUT2D eigenvalue weighted by Gasteiger charge is -2.16. The minimum atomic E-state index is -0.447. The van der Waals surface area contributed by atoms with Gasteiger partial charge in [-0.3, -0.25) is 0 Å². The number of aryl methyl sites for hydroxylation is 2. The first-order valence-corrected chi connectivity index (χ1v) is 9.83. The smallest absolute Gasteiger partial charge is 0.339 e. The van der Waals surface area contributed by atoms with Crippen LogP contribution in [0.25, 0.3) is 5.69 Å². The molecule has 0 aliphatic carbocycles. The largest absolute Gasteiger partial charge is 0.494 e. The maximum Gasteiger partial charge on any atom is 0.339 e. The van der Waals surface area contributed by atoms with Crippen molar-refractivity contribution in [1.82, 2.24) is 9.78 Å². The first-order chi connectivity index (χ1) is 14.4. The Morgan fingerprint density at radius 3 is 2.60 bits per heavy atom. The zero-order valence-corrected chi connectivity index (χ0v) is 18.2. The molecule has 0 aliphatic rings. The first-order valence-electron chi connectivity index (χ1n) is 9.42. The van der Waals surface area contributed by atoms with E-state index in [1.54, 1.807) is 17.9 Å². The minimum absolute atomic E-state index is 0.210. The summed E-state index contributed by atoms with van der Waals surface area (Å²) in [7, 11) is 2.95. The topological polar surface area (TPSA) is 91.4 Å². The maximum atomic E-state index is 12.4. The zero-order chi connectivity index (χ0) is 21.8. The number of methoxy groups -OCH3 is 2. The van der Waals surface area contributed by atoms with Crippen molar-refractivity contribution < 1.29 is 14.3 Å². The molecule has 30 heavy (non-hydrogen) atoms. The Bertz CT molecular complexity index is 1110. The molecule has 7 nitrogen and oxygen atoms in total. The third-order valence-corrected chi connectivity index (χ3v) is 4.89. The zero-order valence-electron chi connectivity index (χ0n) is 17.4.